The molecule has 2 aliphatic carbocycles. The van der Waals surface area contributed by atoms with E-state index in [0.29, 0.717) is 18.9 Å². The first-order valence-corrected chi connectivity index (χ1v) is 14.7. The zero-order chi connectivity index (χ0) is 26.5. The maximum Gasteiger partial charge on any atom is 0.335 e. The van der Waals surface area contributed by atoms with E-state index in [1.165, 1.54) is 24.8 Å². The summed E-state index contributed by atoms with van der Waals surface area (Å²) in [6, 6.07) is 11.0. The third-order valence-corrected chi connectivity index (χ3v) is 10.6. The number of halogens is 1. The third-order valence-electron chi connectivity index (χ3n) is 10.6. The number of rotatable bonds is 3. The molecule has 1 aromatic heterocycles. The van der Waals surface area contributed by atoms with Crippen LogP contribution in [0.15, 0.2) is 36.4 Å². The van der Waals surface area contributed by atoms with Crippen molar-refractivity contribution >= 4 is 22.8 Å². The summed E-state index contributed by atoms with van der Waals surface area (Å²) in [5.41, 5.74) is 4.84. The molecule has 39 heavy (non-hydrogen) atoms. The number of carboxylic acids is 1. The van der Waals surface area contributed by atoms with Crippen LogP contribution in [0, 0.1) is 11.2 Å². The minimum absolute atomic E-state index is 0.0261. The van der Waals surface area contributed by atoms with Gasteiger partial charge in [-0.1, -0.05) is 25.3 Å². The lowest BCUT2D eigenvalue weighted by atomic mass is 9.81. The van der Waals surface area contributed by atoms with Crippen molar-refractivity contribution in [1.29, 1.82) is 0 Å². The average Bonchev–Trinajstić information content (AvgIpc) is 3.55. The Labute approximate surface area is 227 Å². The molecule has 1 amide bonds. The number of piperazine rings is 1. The first-order valence-electron chi connectivity index (χ1n) is 14.7. The van der Waals surface area contributed by atoms with Gasteiger partial charge in [0.2, 0.25) is 5.91 Å². The topological polar surface area (TPSA) is 74.6 Å². The molecule has 3 aromatic rings. The fourth-order valence-corrected chi connectivity index (χ4v) is 8.65. The van der Waals surface area contributed by atoms with E-state index >= 15 is 0 Å². The molecule has 2 saturated carbocycles. The van der Waals surface area contributed by atoms with Gasteiger partial charge in [0.15, 0.2) is 0 Å². The Balaban J connectivity index is 1.37. The largest absolute Gasteiger partial charge is 0.478 e. The average molecular weight is 528 g/mol. The number of amides is 1. The van der Waals surface area contributed by atoms with E-state index in [-0.39, 0.29) is 35.3 Å². The highest BCUT2D eigenvalue weighted by molar-refractivity contribution is 6.00. The Bertz CT molecular complexity index is 1520. The van der Waals surface area contributed by atoms with Crippen molar-refractivity contribution in [2.75, 3.05) is 13.1 Å². The molecule has 0 spiro atoms. The maximum atomic E-state index is 14.8. The Morgan fingerprint density at radius 2 is 1.74 bits per heavy atom. The van der Waals surface area contributed by atoms with Gasteiger partial charge in [-0.3, -0.25) is 4.79 Å². The highest BCUT2D eigenvalue weighted by Crippen LogP contribution is 2.66. The fourth-order valence-electron chi connectivity index (χ4n) is 8.65. The summed E-state index contributed by atoms with van der Waals surface area (Å²) < 4.78 is 17.1. The first kappa shape index (κ1) is 23.7. The van der Waals surface area contributed by atoms with Crippen LogP contribution in [0.2, 0.25) is 0 Å². The molecule has 7 heteroatoms. The lowest BCUT2D eigenvalue weighted by molar-refractivity contribution is -0.141. The van der Waals surface area contributed by atoms with Gasteiger partial charge in [0.25, 0.3) is 0 Å². The molecule has 4 heterocycles. The summed E-state index contributed by atoms with van der Waals surface area (Å²) in [6.45, 7) is 2.18. The molecule has 3 aliphatic heterocycles. The molecule has 4 fully saturated rings. The zero-order valence-electron chi connectivity index (χ0n) is 22.1. The van der Waals surface area contributed by atoms with Crippen LogP contribution in [0.3, 0.4) is 0 Å². The summed E-state index contributed by atoms with van der Waals surface area (Å²) in [7, 11) is 0. The van der Waals surface area contributed by atoms with E-state index in [0.717, 1.165) is 66.5 Å². The molecular weight excluding hydrogens is 493 g/mol. The number of aromatic carboxylic acids is 1. The van der Waals surface area contributed by atoms with Crippen molar-refractivity contribution in [3.63, 3.8) is 0 Å². The summed E-state index contributed by atoms with van der Waals surface area (Å²) in [6.07, 6.45) is 8.56. The lowest BCUT2D eigenvalue weighted by Gasteiger charge is -2.38. The van der Waals surface area contributed by atoms with Gasteiger partial charge in [-0.15, -0.1) is 0 Å². The molecule has 2 N–H and O–H groups in total. The molecule has 0 radical (unpaired) electrons. The van der Waals surface area contributed by atoms with E-state index in [1.54, 1.807) is 24.3 Å². The van der Waals surface area contributed by atoms with Crippen molar-refractivity contribution in [3.05, 3.63) is 58.9 Å². The Morgan fingerprint density at radius 1 is 0.974 bits per heavy atom. The van der Waals surface area contributed by atoms with E-state index in [2.05, 4.69) is 14.8 Å². The first-order chi connectivity index (χ1) is 19.0. The lowest BCUT2D eigenvalue weighted by Crippen LogP contribution is -2.56. The number of benzene rings is 2. The minimum Gasteiger partial charge on any atom is -0.478 e. The minimum atomic E-state index is -0.949. The second kappa shape index (κ2) is 8.40. The van der Waals surface area contributed by atoms with E-state index in [4.69, 9.17) is 0 Å². The van der Waals surface area contributed by atoms with Gasteiger partial charge in [0, 0.05) is 54.1 Å². The summed E-state index contributed by atoms with van der Waals surface area (Å²) in [4.78, 5) is 28.8. The second-order valence-corrected chi connectivity index (χ2v) is 12.6. The summed E-state index contributed by atoms with van der Waals surface area (Å²) in [5, 5.41) is 14.4. The van der Waals surface area contributed by atoms with Crippen molar-refractivity contribution in [2.24, 2.45) is 5.41 Å². The number of fused-ring (bicyclic) bond motifs is 9. The van der Waals surface area contributed by atoms with Gasteiger partial charge < -0.3 is 19.9 Å². The van der Waals surface area contributed by atoms with Crippen molar-refractivity contribution in [3.8, 4) is 11.3 Å². The van der Waals surface area contributed by atoms with Gasteiger partial charge in [-0.2, -0.15) is 0 Å². The Morgan fingerprint density at radius 3 is 2.49 bits per heavy atom. The van der Waals surface area contributed by atoms with Crippen LogP contribution in [0.4, 0.5) is 4.39 Å². The molecule has 2 saturated heterocycles. The SMILES string of the molecule is O=C(O)c1ccc2c(C3CCCCC3)c3n(c2c1)C[C@@]1(C(=O)N2C4CCC2CNC4)C[C@H]1c1cc(F)ccc1-3. The van der Waals surface area contributed by atoms with E-state index in [9.17, 15) is 19.1 Å². The van der Waals surface area contributed by atoms with Crippen LogP contribution in [-0.4, -0.2) is 51.6 Å². The Hall–Kier alpha value is -3.19. The Kier molecular flexibility index (Phi) is 5.10. The monoisotopic (exact) mass is 527 g/mol. The number of carboxylic acid groups (broad SMARTS) is 1. The molecule has 2 bridgehead atoms. The second-order valence-electron chi connectivity index (χ2n) is 12.6. The van der Waals surface area contributed by atoms with Crippen molar-refractivity contribution in [2.45, 2.75) is 81.8 Å². The van der Waals surface area contributed by atoms with Crippen LogP contribution in [-0.2, 0) is 11.3 Å². The van der Waals surface area contributed by atoms with Gasteiger partial charge in [0.1, 0.15) is 5.82 Å². The van der Waals surface area contributed by atoms with Gasteiger partial charge in [-0.05, 0) is 79.5 Å². The van der Waals surface area contributed by atoms with Gasteiger partial charge in [0.05, 0.1) is 16.7 Å². The molecule has 2 aromatic carbocycles. The predicted molar refractivity (Wildman–Crippen MR) is 146 cm³/mol. The number of nitrogens with one attached hydrogen (secondary N) is 1. The predicted octanol–water partition coefficient (Wildman–Crippen LogP) is 5.64. The van der Waals surface area contributed by atoms with Crippen molar-refractivity contribution < 1.29 is 19.1 Å². The maximum absolute atomic E-state index is 14.8. The molecule has 6 nitrogen and oxygen atoms in total. The number of carbonyl (C=O) groups excluding carboxylic acids is 1. The number of hydrogen-bond donors (Lipinski definition) is 2. The molecule has 4 atom stereocenters. The standard InChI is InChI=1S/C32H34FN3O3/c33-20-7-11-23-25(13-20)26-14-32(26,31(39)36-21-8-9-22(36)16-34-15-21)17-35-27-12-19(30(37)38)6-10-24(27)28(29(23)35)18-4-2-1-3-5-18/h6-7,10-13,18,21-22,26,34H,1-5,8-9,14-17H2,(H,37,38)/t21?,22?,26-,32-/m0/s1. The summed E-state index contributed by atoms with van der Waals surface area (Å²) >= 11 is 0. The van der Waals surface area contributed by atoms with E-state index < -0.39 is 11.4 Å². The van der Waals surface area contributed by atoms with Gasteiger partial charge >= 0.3 is 5.97 Å². The summed E-state index contributed by atoms with van der Waals surface area (Å²) in [5.74, 6) is -0.658. The molecule has 8 rings (SSSR count). The third kappa shape index (κ3) is 3.35. The number of hydrogen-bond acceptors (Lipinski definition) is 3. The molecule has 5 aliphatic rings. The smallest absolute Gasteiger partial charge is 0.335 e. The van der Waals surface area contributed by atoms with Crippen LogP contribution >= 0.6 is 0 Å². The molecule has 2 unspecified atom stereocenters. The van der Waals surface area contributed by atoms with Gasteiger partial charge in [-0.25, -0.2) is 9.18 Å². The van der Waals surface area contributed by atoms with Crippen LogP contribution in [0.25, 0.3) is 22.2 Å². The quantitative estimate of drug-likeness (QED) is 0.462. The highest BCUT2D eigenvalue weighted by Gasteiger charge is 2.65. The fraction of sp³-hybridized carbons (Fsp3) is 0.500. The molecular formula is C32H34FN3O3. The number of carbonyl (C=O) groups is 2. The number of aromatic nitrogens is 1. The normalized spacial score (nSPS) is 29.5. The highest BCUT2D eigenvalue weighted by atomic mass is 19.1. The van der Waals surface area contributed by atoms with Crippen LogP contribution in [0.5, 0.6) is 0 Å². The zero-order valence-corrected chi connectivity index (χ0v) is 22.1. The molecule has 202 valence electrons. The van der Waals surface area contributed by atoms with E-state index in [1.807, 2.05) is 12.1 Å². The van der Waals surface area contributed by atoms with Crippen LogP contribution in [0.1, 0.15) is 84.7 Å². The van der Waals surface area contributed by atoms with Crippen LogP contribution < -0.4 is 5.32 Å². The van der Waals surface area contributed by atoms with Crippen molar-refractivity contribution in [1.82, 2.24) is 14.8 Å². The number of nitrogens with zero attached hydrogens (tertiary/aromatic N) is 2.